The molecule has 0 spiro atoms. The molecule has 3 fully saturated rings. The molecular formula is C84H175N5O28Si8. The average Bonchev–Trinajstić information content (AvgIpc) is 1.81. The number of amides is 4. The summed E-state index contributed by atoms with van der Waals surface area (Å²) in [7, 11) is 19.1. The first kappa shape index (κ1) is 121. The second-order valence-corrected chi connectivity index (χ2v) is 57.3. The highest BCUT2D eigenvalue weighted by Gasteiger charge is 2.49. The molecule has 4 rings (SSSR count). The Labute approximate surface area is 764 Å². The SMILES string of the molecule is CCN(C(C)=O)c1cc(CCC[Si](OC)(OC)OC)cc(CCC[Si](OC)(OC)OC)c1.CCN(CC)CC1CC(CC[Si](OC)(OC)OC)CC1CC[Si](OC)(OC)OC.CCN(CC1CC(CC[Si](OC)(OC)OC)CC1CC[Si](OC)(OC)OC)C(=O)CNC(C)=O.CCN(CC1CC(CC[Si](OC)(OC)OC)CC1CC[Si](OC)(OC)OC)C(C)=O. The monoisotopic (exact) mass is 1930 g/mol. The van der Waals surface area contributed by atoms with Crippen molar-refractivity contribution in [3.63, 3.8) is 0 Å². The van der Waals surface area contributed by atoms with Crippen molar-refractivity contribution in [3.8, 4) is 0 Å². The van der Waals surface area contributed by atoms with Gasteiger partial charge in [0, 0.05) is 285 Å². The van der Waals surface area contributed by atoms with Gasteiger partial charge >= 0.3 is 70.4 Å². The molecule has 9 atom stereocenters. The van der Waals surface area contributed by atoms with Gasteiger partial charge in [-0.05, 0) is 213 Å². The minimum absolute atomic E-state index is 0.0284. The van der Waals surface area contributed by atoms with Gasteiger partial charge in [-0.2, -0.15) is 0 Å². The van der Waals surface area contributed by atoms with Crippen LogP contribution in [0.5, 0.6) is 0 Å². The molecule has 3 aliphatic rings. The molecule has 9 unspecified atom stereocenters. The van der Waals surface area contributed by atoms with E-state index in [4.69, 9.17) is 106 Å². The van der Waals surface area contributed by atoms with Crippen LogP contribution in [-0.2, 0) is 138 Å². The van der Waals surface area contributed by atoms with Crippen molar-refractivity contribution >= 4 is 99.8 Å². The molecule has 4 amide bonds. The number of aryl methyl sites for hydroxylation is 2. The molecule has 0 aliphatic heterocycles. The smallest absolute Gasteiger partial charge is 0.377 e. The van der Waals surface area contributed by atoms with E-state index in [0.29, 0.717) is 72.9 Å². The lowest BCUT2D eigenvalue weighted by Crippen LogP contribution is -2.44. The van der Waals surface area contributed by atoms with Crippen LogP contribution in [0.25, 0.3) is 0 Å². The summed E-state index contributed by atoms with van der Waals surface area (Å²) in [5, 5.41) is 2.62. The minimum atomic E-state index is -2.68. The predicted molar refractivity (Wildman–Crippen MR) is 503 cm³/mol. The molecule has 41 heteroatoms. The van der Waals surface area contributed by atoms with E-state index in [9.17, 15) is 19.2 Å². The standard InChI is InChI=1S/C22H46N2O8Si2.C22H41NO7Si2.C20H43NO7Si2.C20H45NO6Si2/c1-9-24(22(26)16-23-18(2)25)17-21-15-19(10-12-33(27-3,28-4)29-5)14-20(21)11-13-34(30-6,31-7)32-8;1-9-23(19(2)24)22-17-20(12-10-14-31(25-3,26-4)27-5)16-21(18-22)13-11-15-32(28-6,29-7)30-8;1-9-21(17(2)22)16-20-15-18(10-12-29(23-3,24-4)25-5)14-19(20)11-13-30(26-6,27-7)28-8;1-9-21(10-2)17-20-16-18(11-13-28(22-3,23-4)24-5)15-19(20)12-14-29(25-6,26-7)27-8/h19-21H,9-17H2,1-8H3,(H,23,25);16-18H,9-15H2,1-8H3;18-20H,9-16H2,1-8H3;18-20H,9-17H2,1-8H3. The Bertz CT molecular complexity index is 2910. The van der Waals surface area contributed by atoms with Gasteiger partial charge in [0.2, 0.25) is 23.6 Å². The number of nitrogens with zero attached hydrogens (tertiary/aromatic N) is 4. The molecule has 1 aromatic rings. The van der Waals surface area contributed by atoms with Crippen molar-refractivity contribution in [2.24, 2.45) is 53.3 Å². The Morgan fingerprint density at radius 3 is 0.784 bits per heavy atom. The molecule has 33 nitrogen and oxygen atoms in total. The van der Waals surface area contributed by atoms with E-state index in [1.807, 2.05) is 30.6 Å². The number of benzene rings is 1. The Morgan fingerprint density at radius 1 is 0.304 bits per heavy atom. The van der Waals surface area contributed by atoms with Crippen LogP contribution in [-0.4, -0.2) is 338 Å². The quantitative estimate of drug-likeness (QED) is 0.0592. The van der Waals surface area contributed by atoms with Crippen LogP contribution in [0.2, 0.25) is 48.4 Å². The summed E-state index contributed by atoms with van der Waals surface area (Å²) in [6.07, 6.45) is 16.2. The van der Waals surface area contributed by atoms with Gasteiger partial charge < -0.3 is 131 Å². The zero-order valence-corrected chi connectivity index (χ0v) is 91.5. The van der Waals surface area contributed by atoms with Crippen LogP contribution >= 0.6 is 0 Å². The van der Waals surface area contributed by atoms with E-state index in [2.05, 4.69) is 42.3 Å². The van der Waals surface area contributed by atoms with Crippen molar-refractivity contribution in [1.82, 2.24) is 20.0 Å². The van der Waals surface area contributed by atoms with Gasteiger partial charge in [0.25, 0.3) is 0 Å². The Balaban J connectivity index is 0.000000835. The van der Waals surface area contributed by atoms with Crippen LogP contribution in [0, 0.1) is 53.3 Å². The topological polar surface area (TPSA) is 315 Å². The largest absolute Gasteiger partial charge is 0.500 e. The fourth-order valence-electron chi connectivity index (χ4n) is 18.5. The van der Waals surface area contributed by atoms with Crippen molar-refractivity contribution in [3.05, 3.63) is 29.3 Å². The zero-order chi connectivity index (χ0) is 94.7. The minimum Gasteiger partial charge on any atom is -0.377 e. The number of hydrogen-bond acceptors (Lipinski definition) is 29. The van der Waals surface area contributed by atoms with Crippen LogP contribution < -0.4 is 10.2 Å². The van der Waals surface area contributed by atoms with Crippen LogP contribution in [0.1, 0.15) is 156 Å². The van der Waals surface area contributed by atoms with Crippen LogP contribution in [0.15, 0.2) is 18.2 Å². The van der Waals surface area contributed by atoms with Gasteiger partial charge in [-0.3, -0.25) is 19.2 Å². The highest BCUT2D eigenvalue weighted by Crippen LogP contribution is 2.47. The summed E-state index contributed by atoms with van der Waals surface area (Å²) in [6, 6.07) is 12.7. The van der Waals surface area contributed by atoms with Gasteiger partial charge in [-0.25, -0.2) is 0 Å². The molecule has 0 radical (unpaired) electrons. The van der Waals surface area contributed by atoms with Gasteiger partial charge in [-0.15, -0.1) is 0 Å². The number of hydrogen-bond donors (Lipinski definition) is 1. The number of carbonyl (C=O) groups excluding carboxylic acids is 4. The third-order valence-electron chi connectivity index (χ3n) is 26.6. The first-order valence-electron chi connectivity index (χ1n) is 44.8. The molecule has 0 aromatic heterocycles. The summed E-state index contributed by atoms with van der Waals surface area (Å²) in [5.74, 6) is 4.69. The van der Waals surface area contributed by atoms with Gasteiger partial charge in [0.05, 0.1) is 6.54 Å². The maximum absolute atomic E-state index is 12.7. The van der Waals surface area contributed by atoms with E-state index in [1.165, 1.54) is 30.9 Å². The fourth-order valence-corrected chi connectivity index (χ4v) is 33.1. The molecule has 736 valence electrons. The highest BCUT2D eigenvalue weighted by molar-refractivity contribution is 6.63. The summed E-state index contributed by atoms with van der Waals surface area (Å²) in [6.45, 7) is 22.0. The first-order chi connectivity index (χ1) is 59.6. The second kappa shape index (κ2) is 63.9. The third-order valence-corrected chi connectivity index (χ3v) is 48.9. The number of rotatable bonds is 64. The maximum atomic E-state index is 12.7. The molecular weight excluding hydrogens is 1750 g/mol. The normalized spacial score (nSPS) is 19.6. The maximum Gasteiger partial charge on any atom is 0.500 e. The Hall–Kier alpha value is -2.16. The molecule has 0 bridgehead atoms. The van der Waals surface area contributed by atoms with Crippen molar-refractivity contribution in [2.45, 2.75) is 206 Å². The molecule has 3 saturated carbocycles. The summed E-state index contributed by atoms with van der Waals surface area (Å²) >= 11 is 0. The van der Waals surface area contributed by atoms with Gasteiger partial charge in [-0.1, -0.05) is 19.9 Å². The fraction of sp³-hybridized carbons (Fsp3) is 0.881. The number of likely N-dealkylation sites (N-methyl/N-ethyl adjacent to an activating group) is 1. The van der Waals surface area contributed by atoms with E-state index in [-0.39, 0.29) is 30.2 Å². The van der Waals surface area contributed by atoms with E-state index in [1.54, 1.807) is 189 Å². The first-order valence-corrected chi connectivity index (χ1v) is 60.2. The summed E-state index contributed by atoms with van der Waals surface area (Å²) in [4.78, 5) is 56.3. The molecule has 125 heavy (non-hydrogen) atoms. The number of anilines is 1. The molecule has 1 aromatic carbocycles. The van der Waals surface area contributed by atoms with Crippen molar-refractivity contribution in [1.29, 1.82) is 0 Å². The second-order valence-electron chi connectivity index (χ2n) is 32.5. The molecule has 0 saturated heterocycles. The van der Waals surface area contributed by atoms with E-state index < -0.39 is 70.4 Å². The summed E-state index contributed by atoms with van der Waals surface area (Å²) < 4.78 is 134. The van der Waals surface area contributed by atoms with Crippen molar-refractivity contribution in [2.75, 3.05) is 234 Å². The lowest BCUT2D eigenvalue weighted by Gasteiger charge is -2.30. The van der Waals surface area contributed by atoms with Crippen LogP contribution in [0.4, 0.5) is 5.69 Å². The Kier molecular flexibility index (Phi) is 61.8. The Morgan fingerprint density at radius 2 is 0.552 bits per heavy atom. The predicted octanol–water partition coefficient (Wildman–Crippen LogP) is 12.4. The van der Waals surface area contributed by atoms with E-state index in [0.717, 1.165) is 177 Å². The number of nitrogens with one attached hydrogen (secondary N) is 1. The highest BCUT2D eigenvalue weighted by atomic mass is 28.4. The van der Waals surface area contributed by atoms with E-state index >= 15 is 0 Å². The summed E-state index contributed by atoms with van der Waals surface area (Å²) in [5.41, 5.74) is 3.28. The van der Waals surface area contributed by atoms with Crippen molar-refractivity contribution < 1.29 is 125 Å². The number of carbonyl (C=O) groups is 4. The molecule has 3 aliphatic carbocycles. The average molecular weight is 1930 g/mol. The molecule has 1 N–H and O–H groups in total. The lowest BCUT2D eigenvalue weighted by molar-refractivity contribution is -0.133. The third kappa shape index (κ3) is 39.4. The molecule has 0 heterocycles. The zero-order valence-electron chi connectivity index (χ0n) is 83.5. The lowest BCUT2D eigenvalue weighted by atomic mass is 9.93. The van der Waals surface area contributed by atoms with Gasteiger partial charge in [0.1, 0.15) is 0 Å². The van der Waals surface area contributed by atoms with Crippen LogP contribution in [0.3, 0.4) is 0 Å². The van der Waals surface area contributed by atoms with Gasteiger partial charge in [0.15, 0.2) is 0 Å².